The van der Waals surface area contributed by atoms with E-state index in [0.29, 0.717) is 35.5 Å². The highest BCUT2D eigenvalue weighted by Crippen LogP contribution is 2.23. The predicted octanol–water partition coefficient (Wildman–Crippen LogP) is 4.57. The molecule has 1 aliphatic rings. The van der Waals surface area contributed by atoms with Crippen molar-refractivity contribution in [3.63, 3.8) is 0 Å². The molecule has 1 unspecified atom stereocenters. The molecule has 7 nitrogen and oxygen atoms in total. The van der Waals surface area contributed by atoms with Crippen LogP contribution in [0.5, 0.6) is 0 Å². The Bertz CT molecular complexity index is 951. The maximum atomic E-state index is 12.9. The first kappa shape index (κ1) is 26.4. The van der Waals surface area contributed by atoms with Crippen LogP contribution in [0.3, 0.4) is 0 Å². The second-order valence-electron chi connectivity index (χ2n) is 9.32. The molecular weight excluding hydrogens is 470 g/mol. The highest BCUT2D eigenvalue weighted by atomic mass is 35.5. The predicted molar refractivity (Wildman–Crippen MR) is 139 cm³/mol. The van der Waals surface area contributed by atoms with Gasteiger partial charge in [-0.1, -0.05) is 11.6 Å². The van der Waals surface area contributed by atoms with Crippen molar-refractivity contribution in [3.05, 3.63) is 50.4 Å². The molecule has 0 aromatic carbocycles. The first-order valence-electron chi connectivity index (χ1n) is 11.8. The molecule has 0 aliphatic carbocycles. The van der Waals surface area contributed by atoms with Crippen LogP contribution in [0.15, 0.2) is 22.9 Å². The Labute approximate surface area is 212 Å². The summed E-state index contributed by atoms with van der Waals surface area (Å²) in [7, 11) is 3.63. The summed E-state index contributed by atoms with van der Waals surface area (Å²) in [5, 5.41) is 7.62. The van der Waals surface area contributed by atoms with Gasteiger partial charge in [-0.15, -0.1) is 0 Å². The van der Waals surface area contributed by atoms with Crippen molar-refractivity contribution in [2.45, 2.75) is 58.7 Å². The average Bonchev–Trinajstić information content (AvgIpc) is 3.29. The summed E-state index contributed by atoms with van der Waals surface area (Å²) in [5.74, 6) is -0.101. The lowest BCUT2D eigenvalue weighted by molar-refractivity contribution is 0.0841. The molecule has 2 aromatic rings. The van der Waals surface area contributed by atoms with E-state index in [-0.39, 0.29) is 18.0 Å². The van der Waals surface area contributed by atoms with E-state index < -0.39 is 0 Å². The van der Waals surface area contributed by atoms with Crippen LogP contribution < -0.4 is 5.32 Å². The van der Waals surface area contributed by atoms with Crippen LogP contribution in [-0.2, 0) is 6.54 Å². The number of hydrogen-bond donors (Lipinski definition) is 1. The summed E-state index contributed by atoms with van der Waals surface area (Å²) >= 11 is 7.65. The third kappa shape index (κ3) is 6.71. The van der Waals surface area contributed by atoms with Gasteiger partial charge in [-0.2, -0.15) is 11.3 Å². The maximum absolute atomic E-state index is 12.9. The zero-order chi connectivity index (χ0) is 24.8. The molecule has 3 heterocycles. The number of thiophene rings is 1. The van der Waals surface area contributed by atoms with Crippen molar-refractivity contribution in [2.24, 2.45) is 0 Å². The van der Waals surface area contributed by atoms with Crippen LogP contribution >= 0.6 is 22.9 Å². The fourth-order valence-electron chi connectivity index (χ4n) is 4.62. The number of rotatable bonds is 8. The lowest BCUT2D eigenvalue weighted by Crippen LogP contribution is -2.51. The van der Waals surface area contributed by atoms with E-state index in [1.165, 1.54) is 5.56 Å². The standard InChI is InChI=1S/C25H36ClN5O2S/c1-17-14-22(26)28-19(3)23(17)24(32)27-10-6-18(2)30-11-7-21(8-12-30)31(25(33)29(4)5)15-20-9-13-34-16-20/h9,13-14,16,18,21H,6-8,10-12,15H2,1-5H3,(H,27,32). The van der Waals surface area contributed by atoms with Crippen molar-refractivity contribution < 1.29 is 9.59 Å². The molecule has 3 amide bonds. The van der Waals surface area contributed by atoms with E-state index in [9.17, 15) is 9.59 Å². The van der Waals surface area contributed by atoms with Gasteiger partial charge in [-0.25, -0.2) is 9.78 Å². The largest absolute Gasteiger partial charge is 0.352 e. The van der Waals surface area contributed by atoms with Gasteiger partial charge in [-0.05, 0) is 74.1 Å². The zero-order valence-corrected chi connectivity index (χ0v) is 22.4. The van der Waals surface area contributed by atoms with E-state index in [1.54, 1.807) is 22.3 Å². The van der Waals surface area contributed by atoms with Crippen LogP contribution in [0.4, 0.5) is 4.79 Å². The lowest BCUT2D eigenvalue weighted by Gasteiger charge is -2.41. The van der Waals surface area contributed by atoms with Gasteiger partial charge in [0.1, 0.15) is 5.15 Å². The van der Waals surface area contributed by atoms with E-state index in [2.05, 4.69) is 39.0 Å². The highest BCUT2D eigenvalue weighted by Gasteiger charge is 2.30. The lowest BCUT2D eigenvalue weighted by atomic mass is 10.0. The second-order valence-corrected chi connectivity index (χ2v) is 10.5. The molecule has 2 aromatic heterocycles. The van der Waals surface area contributed by atoms with E-state index in [4.69, 9.17) is 11.6 Å². The number of carbonyl (C=O) groups is 2. The number of carbonyl (C=O) groups excluding carboxylic acids is 2. The number of urea groups is 1. The van der Waals surface area contributed by atoms with Crippen LogP contribution in [0.2, 0.25) is 5.15 Å². The van der Waals surface area contributed by atoms with Gasteiger partial charge in [0.25, 0.3) is 5.91 Å². The minimum Gasteiger partial charge on any atom is -0.352 e. The van der Waals surface area contributed by atoms with Crippen LogP contribution in [0.1, 0.15) is 53.4 Å². The number of aryl methyl sites for hydroxylation is 2. The van der Waals surface area contributed by atoms with E-state index in [0.717, 1.165) is 37.9 Å². The number of aromatic nitrogens is 1. The molecule has 0 bridgehead atoms. The summed E-state index contributed by atoms with van der Waals surface area (Å²) in [6.07, 6.45) is 2.77. The van der Waals surface area contributed by atoms with Gasteiger partial charge >= 0.3 is 6.03 Å². The Morgan fingerprint density at radius 2 is 2.00 bits per heavy atom. The van der Waals surface area contributed by atoms with Crippen LogP contribution in [0.25, 0.3) is 0 Å². The summed E-state index contributed by atoms with van der Waals surface area (Å²) in [6.45, 7) is 9.05. The number of nitrogens with one attached hydrogen (secondary N) is 1. The minimum absolute atomic E-state index is 0.0719. The van der Waals surface area contributed by atoms with E-state index >= 15 is 0 Å². The van der Waals surface area contributed by atoms with Crippen molar-refractivity contribution in [3.8, 4) is 0 Å². The highest BCUT2D eigenvalue weighted by molar-refractivity contribution is 7.07. The molecule has 3 rings (SSSR count). The fraction of sp³-hybridized carbons (Fsp3) is 0.560. The normalized spacial score (nSPS) is 15.7. The molecule has 1 fully saturated rings. The maximum Gasteiger partial charge on any atom is 0.320 e. The average molecular weight is 506 g/mol. The van der Waals surface area contributed by atoms with Gasteiger partial charge in [-0.3, -0.25) is 4.79 Å². The van der Waals surface area contributed by atoms with Crippen molar-refractivity contribution in [1.29, 1.82) is 0 Å². The number of amides is 3. The van der Waals surface area contributed by atoms with Gasteiger partial charge in [0.2, 0.25) is 0 Å². The van der Waals surface area contributed by atoms with Gasteiger partial charge in [0.15, 0.2) is 0 Å². The summed E-state index contributed by atoms with van der Waals surface area (Å²) < 4.78 is 0. The second kappa shape index (κ2) is 12.0. The SMILES string of the molecule is Cc1cc(Cl)nc(C)c1C(=O)NCCC(C)N1CCC(N(Cc2ccsc2)C(=O)N(C)C)CC1. The molecule has 1 saturated heterocycles. The number of pyridine rings is 1. The Kier molecular flexibility index (Phi) is 9.33. The van der Waals surface area contributed by atoms with Crippen molar-refractivity contribution in [2.75, 3.05) is 33.7 Å². The molecule has 1 N–H and O–H groups in total. The zero-order valence-electron chi connectivity index (χ0n) is 20.8. The molecule has 0 saturated carbocycles. The minimum atomic E-state index is -0.101. The van der Waals surface area contributed by atoms with Crippen molar-refractivity contribution >= 4 is 34.9 Å². The quantitative estimate of drug-likeness (QED) is 0.533. The Morgan fingerprint density at radius 3 is 2.59 bits per heavy atom. The molecule has 0 spiro atoms. The first-order chi connectivity index (χ1) is 16.2. The number of halogens is 1. The molecule has 0 radical (unpaired) electrons. The summed E-state index contributed by atoms with van der Waals surface area (Å²) in [4.78, 5) is 35.9. The molecule has 9 heteroatoms. The number of nitrogens with zero attached hydrogens (tertiary/aromatic N) is 4. The fourth-order valence-corrected chi connectivity index (χ4v) is 5.57. The van der Waals surface area contributed by atoms with Crippen LogP contribution in [-0.4, -0.2) is 77.4 Å². The molecule has 1 atom stereocenters. The number of piperidine rings is 1. The third-order valence-corrected chi connectivity index (χ3v) is 7.49. The number of likely N-dealkylation sites (tertiary alicyclic amines) is 1. The summed E-state index contributed by atoms with van der Waals surface area (Å²) in [5.41, 5.74) is 3.28. The number of hydrogen-bond acceptors (Lipinski definition) is 5. The molecule has 186 valence electrons. The molecular formula is C25H36ClN5O2S. The molecule has 1 aliphatic heterocycles. The third-order valence-electron chi connectivity index (χ3n) is 6.57. The Hall–Kier alpha value is -2.16. The van der Waals surface area contributed by atoms with Gasteiger partial charge in [0.05, 0.1) is 11.3 Å². The van der Waals surface area contributed by atoms with Crippen LogP contribution in [0, 0.1) is 13.8 Å². The van der Waals surface area contributed by atoms with Gasteiger partial charge in [0, 0.05) is 52.4 Å². The topological polar surface area (TPSA) is 68.8 Å². The van der Waals surface area contributed by atoms with Gasteiger partial charge < -0.3 is 20.0 Å². The van der Waals surface area contributed by atoms with Crippen molar-refractivity contribution in [1.82, 2.24) is 25.0 Å². The summed E-state index contributed by atoms with van der Waals surface area (Å²) in [6, 6.07) is 4.47. The molecule has 34 heavy (non-hydrogen) atoms. The monoisotopic (exact) mass is 505 g/mol. The Morgan fingerprint density at radius 1 is 1.29 bits per heavy atom. The van der Waals surface area contributed by atoms with E-state index in [1.807, 2.05) is 32.8 Å². The first-order valence-corrected chi connectivity index (χ1v) is 13.1. The smallest absolute Gasteiger partial charge is 0.320 e. The Balaban J connectivity index is 1.49.